The van der Waals surface area contributed by atoms with Crippen LogP contribution in [0.4, 0.5) is 0 Å². The molecule has 0 saturated carbocycles. The van der Waals surface area contributed by atoms with E-state index < -0.39 is 36.7 Å². The second kappa shape index (κ2) is 9.36. The SMILES string of the molecule is CO[C@H]1O[C@H](CN=[N+]=[N-])[C@@H](OC(=O)c2ccccc2)[C@H](OC)[C@H]1OC. The summed E-state index contributed by atoms with van der Waals surface area (Å²) in [7, 11) is 4.42. The lowest BCUT2D eigenvalue weighted by molar-refractivity contribution is -0.295. The van der Waals surface area contributed by atoms with Crippen LogP contribution in [0.25, 0.3) is 10.4 Å². The molecule has 1 heterocycles. The smallest absolute Gasteiger partial charge is 0.338 e. The largest absolute Gasteiger partial charge is 0.453 e. The maximum atomic E-state index is 12.4. The standard InChI is InChI=1S/C16H21N3O6/c1-21-13-12(25-15(20)10-7-5-4-6-8-10)11(9-18-19-17)24-16(23-3)14(13)22-2/h4-8,11-14,16H,9H2,1-3H3/t11-,12-,13+,14-,16+/m1/s1. The van der Waals surface area contributed by atoms with E-state index in [0.717, 1.165) is 0 Å². The topological polar surface area (TPSA) is 112 Å². The summed E-state index contributed by atoms with van der Waals surface area (Å²) in [4.78, 5) is 15.2. The fraction of sp³-hybridized carbons (Fsp3) is 0.562. The molecule has 136 valence electrons. The Kier molecular flexibility index (Phi) is 7.17. The molecule has 0 spiro atoms. The Morgan fingerprint density at radius 2 is 1.80 bits per heavy atom. The van der Waals surface area contributed by atoms with E-state index in [1.165, 1.54) is 21.3 Å². The molecular formula is C16H21N3O6. The average Bonchev–Trinajstić information content (AvgIpc) is 2.66. The zero-order chi connectivity index (χ0) is 18.2. The second-order valence-electron chi connectivity index (χ2n) is 5.33. The molecule has 9 heteroatoms. The van der Waals surface area contributed by atoms with Crippen LogP contribution in [-0.4, -0.2) is 64.5 Å². The third-order valence-electron chi connectivity index (χ3n) is 3.95. The van der Waals surface area contributed by atoms with E-state index in [1.54, 1.807) is 30.3 Å². The van der Waals surface area contributed by atoms with Gasteiger partial charge in [0.05, 0.1) is 12.1 Å². The summed E-state index contributed by atoms with van der Waals surface area (Å²) in [6.07, 6.45) is -3.59. The van der Waals surface area contributed by atoms with Crippen molar-refractivity contribution in [2.45, 2.75) is 30.7 Å². The third-order valence-corrected chi connectivity index (χ3v) is 3.95. The molecule has 0 bridgehead atoms. The predicted molar refractivity (Wildman–Crippen MR) is 86.9 cm³/mol. The lowest BCUT2D eigenvalue weighted by atomic mass is 9.98. The Morgan fingerprint density at radius 3 is 2.36 bits per heavy atom. The highest BCUT2D eigenvalue weighted by molar-refractivity contribution is 5.89. The molecule has 1 aromatic rings. The molecule has 0 aromatic heterocycles. The fourth-order valence-electron chi connectivity index (χ4n) is 2.76. The Morgan fingerprint density at radius 1 is 1.12 bits per heavy atom. The van der Waals surface area contributed by atoms with Crippen molar-refractivity contribution in [1.29, 1.82) is 0 Å². The molecule has 25 heavy (non-hydrogen) atoms. The van der Waals surface area contributed by atoms with Gasteiger partial charge >= 0.3 is 5.97 Å². The molecule has 1 aliphatic heterocycles. The molecule has 9 nitrogen and oxygen atoms in total. The number of benzene rings is 1. The van der Waals surface area contributed by atoms with Gasteiger partial charge in [-0.2, -0.15) is 0 Å². The lowest BCUT2D eigenvalue weighted by Gasteiger charge is -2.43. The van der Waals surface area contributed by atoms with Crippen molar-refractivity contribution in [2.24, 2.45) is 5.11 Å². The molecule has 2 rings (SSSR count). The molecule has 1 aromatic carbocycles. The number of nitrogens with zero attached hydrogens (tertiary/aromatic N) is 3. The monoisotopic (exact) mass is 351 g/mol. The van der Waals surface area contributed by atoms with Crippen molar-refractivity contribution in [1.82, 2.24) is 0 Å². The maximum absolute atomic E-state index is 12.4. The summed E-state index contributed by atoms with van der Waals surface area (Å²) in [6, 6.07) is 8.55. The van der Waals surface area contributed by atoms with Gasteiger partial charge < -0.3 is 23.7 Å². The molecular weight excluding hydrogens is 330 g/mol. The van der Waals surface area contributed by atoms with Crippen molar-refractivity contribution in [3.8, 4) is 0 Å². The van der Waals surface area contributed by atoms with Crippen molar-refractivity contribution < 1.29 is 28.5 Å². The molecule has 0 unspecified atom stereocenters. The van der Waals surface area contributed by atoms with Gasteiger partial charge in [-0.05, 0) is 17.7 Å². The van der Waals surface area contributed by atoms with Gasteiger partial charge in [-0.15, -0.1) is 0 Å². The van der Waals surface area contributed by atoms with Crippen LogP contribution in [0.1, 0.15) is 10.4 Å². The lowest BCUT2D eigenvalue weighted by Crippen LogP contribution is -2.61. The van der Waals surface area contributed by atoms with Crippen LogP contribution in [0.5, 0.6) is 0 Å². The van der Waals surface area contributed by atoms with Crippen LogP contribution < -0.4 is 0 Å². The van der Waals surface area contributed by atoms with Crippen LogP contribution >= 0.6 is 0 Å². The highest BCUT2D eigenvalue weighted by Crippen LogP contribution is 2.28. The van der Waals surface area contributed by atoms with E-state index >= 15 is 0 Å². The number of carbonyl (C=O) groups excluding carboxylic acids is 1. The minimum atomic E-state index is -0.834. The van der Waals surface area contributed by atoms with Gasteiger partial charge in [0.1, 0.15) is 18.3 Å². The zero-order valence-electron chi connectivity index (χ0n) is 14.3. The van der Waals surface area contributed by atoms with Crippen LogP contribution in [0, 0.1) is 0 Å². The summed E-state index contributed by atoms with van der Waals surface area (Å²) < 4.78 is 27.5. The molecule has 1 saturated heterocycles. The van der Waals surface area contributed by atoms with Gasteiger partial charge in [0, 0.05) is 26.2 Å². The van der Waals surface area contributed by atoms with Crippen molar-refractivity contribution in [2.75, 3.05) is 27.9 Å². The molecule has 1 fully saturated rings. The first-order valence-corrected chi connectivity index (χ1v) is 7.67. The van der Waals surface area contributed by atoms with Crippen LogP contribution in [0.3, 0.4) is 0 Å². The second-order valence-corrected chi connectivity index (χ2v) is 5.33. The number of methoxy groups -OCH3 is 3. The zero-order valence-corrected chi connectivity index (χ0v) is 14.3. The Balaban J connectivity index is 2.26. The first-order valence-electron chi connectivity index (χ1n) is 7.67. The Hall–Kier alpha value is -2.16. The summed E-state index contributed by atoms with van der Waals surface area (Å²) in [5.41, 5.74) is 8.99. The van der Waals surface area contributed by atoms with E-state index in [1.807, 2.05) is 0 Å². The molecule has 0 aliphatic carbocycles. The third kappa shape index (κ3) is 4.47. The number of esters is 1. The van der Waals surface area contributed by atoms with Gasteiger partial charge in [0.2, 0.25) is 0 Å². The number of rotatable bonds is 7. The average molecular weight is 351 g/mol. The molecule has 0 radical (unpaired) electrons. The summed E-state index contributed by atoms with van der Waals surface area (Å²) in [5.74, 6) is -0.534. The van der Waals surface area contributed by atoms with Gasteiger partial charge in [0.25, 0.3) is 0 Å². The summed E-state index contributed by atoms with van der Waals surface area (Å²) in [6.45, 7) is -0.0423. The highest BCUT2D eigenvalue weighted by Gasteiger charge is 2.48. The minimum absolute atomic E-state index is 0.0423. The first-order chi connectivity index (χ1) is 12.2. The van der Waals surface area contributed by atoms with Crippen molar-refractivity contribution >= 4 is 5.97 Å². The van der Waals surface area contributed by atoms with E-state index in [4.69, 9.17) is 29.2 Å². The summed E-state index contributed by atoms with van der Waals surface area (Å²) in [5, 5.41) is 3.53. The van der Waals surface area contributed by atoms with E-state index in [0.29, 0.717) is 5.56 Å². The normalized spacial score (nSPS) is 28.8. The Bertz CT molecular complexity index is 607. The van der Waals surface area contributed by atoms with Crippen LogP contribution in [-0.2, 0) is 23.7 Å². The molecule has 0 amide bonds. The predicted octanol–water partition coefficient (Wildman–Crippen LogP) is 1.92. The van der Waals surface area contributed by atoms with E-state index in [9.17, 15) is 4.79 Å². The van der Waals surface area contributed by atoms with E-state index in [-0.39, 0.29) is 6.54 Å². The van der Waals surface area contributed by atoms with Crippen molar-refractivity contribution in [3.05, 3.63) is 46.3 Å². The number of carbonyl (C=O) groups is 1. The molecule has 5 atom stereocenters. The molecule has 1 aliphatic rings. The highest BCUT2D eigenvalue weighted by atomic mass is 16.7. The Labute approximate surface area is 145 Å². The van der Waals surface area contributed by atoms with Gasteiger partial charge in [0.15, 0.2) is 12.4 Å². The number of hydrogen-bond acceptors (Lipinski definition) is 7. The van der Waals surface area contributed by atoms with Crippen molar-refractivity contribution in [3.63, 3.8) is 0 Å². The van der Waals surface area contributed by atoms with E-state index in [2.05, 4.69) is 10.0 Å². The quantitative estimate of drug-likeness (QED) is 0.321. The maximum Gasteiger partial charge on any atom is 0.338 e. The van der Waals surface area contributed by atoms with Gasteiger partial charge in [-0.3, -0.25) is 0 Å². The molecule has 0 N–H and O–H groups in total. The van der Waals surface area contributed by atoms with Crippen LogP contribution in [0.2, 0.25) is 0 Å². The fourth-order valence-corrected chi connectivity index (χ4v) is 2.76. The number of azide groups is 1. The van der Waals surface area contributed by atoms with Gasteiger partial charge in [-0.1, -0.05) is 23.3 Å². The number of ether oxygens (including phenoxy) is 5. The number of hydrogen-bond donors (Lipinski definition) is 0. The summed E-state index contributed by atoms with van der Waals surface area (Å²) >= 11 is 0. The minimum Gasteiger partial charge on any atom is -0.453 e. The van der Waals surface area contributed by atoms with Crippen LogP contribution in [0.15, 0.2) is 35.4 Å². The first kappa shape index (κ1) is 19.2. The van der Waals surface area contributed by atoms with Gasteiger partial charge in [-0.25, -0.2) is 4.79 Å².